The summed E-state index contributed by atoms with van der Waals surface area (Å²) in [5.74, 6) is -1.86. The van der Waals surface area contributed by atoms with Crippen molar-refractivity contribution in [3.8, 4) is 0 Å². The third-order valence-corrected chi connectivity index (χ3v) is 4.29. The maximum absolute atomic E-state index is 13.1. The summed E-state index contributed by atoms with van der Waals surface area (Å²) in [4.78, 5) is 12.4. The summed E-state index contributed by atoms with van der Waals surface area (Å²) in [5.41, 5.74) is 1.96. The lowest BCUT2D eigenvalue weighted by atomic mass is 9.87. The van der Waals surface area contributed by atoms with Gasteiger partial charge >= 0.3 is 0 Å². The number of rotatable bonds is 4. The Bertz CT molecular complexity index is 693. The highest BCUT2D eigenvalue weighted by Gasteiger charge is 2.13. The minimum atomic E-state index is -0.909. The Morgan fingerprint density at radius 3 is 2.26 bits per heavy atom. The van der Waals surface area contributed by atoms with Gasteiger partial charge in [-0.2, -0.15) is 0 Å². The van der Waals surface area contributed by atoms with Crippen LogP contribution in [0.4, 0.5) is 14.5 Å². The lowest BCUT2D eigenvalue weighted by Gasteiger charge is -2.19. The molecule has 1 amide bonds. The molecular weight excluding hydrogens is 316 g/mol. The van der Waals surface area contributed by atoms with Crippen LogP contribution < -0.4 is 5.32 Å². The highest BCUT2D eigenvalue weighted by molar-refractivity contribution is 8.00. The number of carbonyl (C=O) groups excluding carboxylic acids is 1. The van der Waals surface area contributed by atoms with Gasteiger partial charge in [0.2, 0.25) is 5.91 Å². The quantitative estimate of drug-likeness (QED) is 0.797. The van der Waals surface area contributed by atoms with Crippen molar-refractivity contribution in [2.75, 3.05) is 11.1 Å². The summed E-state index contributed by atoms with van der Waals surface area (Å²) in [5, 5.41) is 2.79. The van der Waals surface area contributed by atoms with Gasteiger partial charge in [-0.15, -0.1) is 11.8 Å². The van der Waals surface area contributed by atoms with Gasteiger partial charge < -0.3 is 5.32 Å². The smallest absolute Gasteiger partial charge is 0.234 e. The van der Waals surface area contributed by atoms with E-state index in [2.05, 4.69) is 26.1 Å². The zero-order valence-electron chi connectivity index (χ0n) is 13.3. The summed E-state index contributed by atoms with van der Waals surface area (Å²) in [6, 6.07) is 11.3. The van der Waals surface area contributed by atoms with Gasteiger partial charge in [0, 0.05) is 10.6 Å². The Morgan fingerprint density at radius 2 is 1.70 bits per heavy atom. The summed E-state index contributed by atoms with van der Waals surface area (Å²) in [7, 11) is 0. The van der Waals surface area contributed by atoms with E-state index in [0.29, 0.717) is 10.6 Å². The van der Waals surface area contributed by atoms with Crippen molar-refractivity contribution >= 4 is 23.4 Å². The van der Waals surface area contributed by atoms with Crippen LogP contribution in [-0.2, 0) is 10.2 Å². The van der Waals surface area contributed by atoms with Crippen LogP contribution in [0.1, 0.15) is 26.3 Å². The highest BCUT2D eigenvalue weighted by Crippen LogP contribution is 2.24. The monoisotopic (exact) mass is 335 g/mol. The molecule has 0 saturated heterocycles. The van der Waals surface area contributed by atoms with Gasteiger partial charge in [0.05, 0.1) is 5.75 Å². The fraction of sp³-hybridized carbons (Fsp3) is 0.278. The summed E-state index contributed by atoms with van der Waals surface area (Å²) >= 11 is 1.16. The van der Waals surface area contributed by atoms with Gasteiger partial charge in [0.15, 0.2) is 11.6 Å². The molecule has 0 aliphatic rings. The van der Waals surface area contributed by atoms with Crippen molar-refractivity contribution in [1.82, 2.24) is 0 Å². The third-order valence-electron chi connectivity index (χ3n) is 3.30. The summed E-state index contributed by atoms with van der Waals surface area (Å²) in [6.07, 6.45) is 0. The van der Waals surface area contributed by atoms with Crippen LogP contribution in [0.5, 0.6) is 0 Å². The van der Waals surface area contributed by atoms with Crippen LogP contribution in [0.2, 0.25) is 0 Å². The molecule has 0 bridgehead atoms. The van der Waals surface area contributed by atoms with Crippen LogP contribution in [0, 0.1) is 11.6 Å². The van der Waals surface area contributed by atoms with Crippen LogP contribution in [0.15, 0.2) is 47.4 Å². The summed E-state index contributed by atoms with van der Waals surface area (Å²) < 4.78 is 25.9. The van der Waals surface area contributed by atoms with Crippen molar-refractivity contribution in [3.05, 3.63) is 59.7 Å². The van der Waals surface area contributed by atoms with Crippen LogP contribution in [-0.4, -0.2) is 11.7 Å². The normalized spacial score (nSPS) is 11.3. The molecule has 0 saturated carbocycles. The Balaban J connectivity index is 1.90. The lowest BCUT2D eigenvalue weighted by molar-refractivity contribution is -0.113. The van der Waals surface area contributed by atoms with E-state index in [1.165, 1.54) is 11.6 Å². The van der Waals surface area contributed by atoms with Crippen molar-refractivity contribution in [3.63, 3.8) is 0 Å². The average molecular weight is 335 g/mol. The molecule has 2 nitrogen and oxygen atoms in total. The van der Waals surface area contributed by atoms with Gasteiger partial charge in [0.1, 0.15) is 0 Å². The first-order valence-electron chi connectivity index (χ1n) is 7.24. The molecule has 0 aliphatic carbocycles. The van der Waals surface area contributed by atoms with Crippen molar-refractivity contribution in [2.24, 2.45) is 0 Å². The van der Waals surface area contributed by atoms with Crippen molar-refractivity contribution in [1.29, 1.82) is 0 Å². The maximum Gasteiger partial charge on any atom is 0.234 e. The van der Waals surface area contributed by atoms with E-state index in [4.69, 9.17) is 0 Å². The largest absolute Gasteiger partial charge is 0.325 e. The van der Waals surface area contributed by atoms with E-state index in [1.807, 2.05) is 24.3 Å². The molecule has 5 heteroatoms. The fourth-order valence-corrected chi connectivity index (χ4v) is 2.69. The molecule has 0 aliphatic heterocycles. The van der Waals surface area contributed by atoms with Gasteiger partial charge in [-0.1, -0.05) is 32.9 Å². The molecule has 0 unspecified atom stereocenters. The Hall–Kier alpha value is -1.88. The standard InChI is InChI=1S/C18H19F2NOS/c1-18(2,3)12-4-6-13(7-5-12)21-17(22)11-23-14-8-9-15(19)16(20)10-14/h4-10H,11H2,1-3H3,(H,21,22). The van der Waals surface area contributed by atoms with Crippen LogP contribution in [0.3, 0.4) is 0 Å². The molecule has 0 spiro atoms. The first-order valence-corrected chi connectivity index (χ1v) is 8.22. The second-order valence-corrected chi connectivity index (χ2v) is 7.29. The van der Waals surface area contributed by atoms with E-state index in [9.17, 15) is 13.6 Å². The molecule has 0 aromatic heterocycles. The number of amides is 1. The van der Waals surface area contributed by atoms with E-state index in [-0.39, 0.29) is 17.1 Å². The van der Waals surface area contributed by atoms with Crippen molar-refractivity contribution in [2.45, 2.75) is 31.1 Å². The predicted octanol–water partition coefficient (Wildman–Crippen LogP) is 4.99. The van der Waals surface area contributed by atoms with Gasteiger partial charge in [-0.05, 0) is 41.3 Å². The van der Waals surface area contributed by atoms with Crippen LogP contribution in [0.25, 0.3) is 0 Å². The molecule has 122 valence electrons. The van der Waals surface area contributed by atoms with Crippen LogP contribution >= 0.6 is 11.8 Å². The van der Waals surface area contributed by atoms with E-state index < -0.39 is 11.6 Å². The first-order chi connectivity index (χ1) is 10.8. The van der Waals surface area contributed by atoms with E-state index in [1.54, 1.807) is 0 Å². The molecule has 0 atom stereocenters. The van der Waals surface area contributed by atoms with E-state index >= 15 is 0 Å². The summed E-state index contributed by atoms with van der Waals surface area (Å²) in [6.45, 7) is 6.37. The second kappa shape index (κ2) is 7.13. The molecule has 0 radical (unpaired) electrons. The highest BCUT2D eigenvalue weighted by atomic mass is 32.2. The number of hydrogen-bond donors (Lipinski definition) is 1. The zero-order chi connectivity index (χ0) is 17.0. The fourth-order valence-electron chi connectivity index (χ4n) is 1.97. The number of nitrogens with one attached hydrogen (secondary N) is 1. The minimum Gasteiger partial charge on any atom is -0.325 e. The zero-order valence-corrected chi connectivity index (χ0v) is 14.1. The number of benzene rings is 2. The molecule has 0 heterocycles. The van der Waals surface area contributed by atoms with Gasteiger partial charge in [-0.3, -0.25) is 4.79 Å². The number of halogens is 2. The molecule has 0 fully saturated rings. The average Bonchev–Trinajstić information content (AvgIpc) is 2.48. The minimum absolute atomic E-state index is 0.0606. The predicted molar refractivity (Wildman–Crippen MR) is 90.9 cm³/mol. The number of anilines is 1. The number of carbonyl (C=O) groups is 1. The topological polar surface area (TPSA) is 29.1 Å². The molecule has 23 heavy (non-hydrogen) atoms. The number of hydrogen-bond acceptors (Lipinski definition) is 2. The Kier molecular flexibility index (Phi) is 5.42. The first kappa shape index (κ1) is 17.5. The molecule has 2 rings (SSSR count). The maximum atomic E-state index is 13.1. The van der Waals surface area contributed by atoms with E-state index in [0.717, 1.165) is 23.9 Å². The third kappa shape index (κ3) is 5.06. The SMILES string of the molecule is CC(C)(C)c1ccc(NC(=O)CSc2ccc(F)c(F)c2)cc1. The molecule has 2 aromatic carbocycles. The Morgan fingerprint density at radius 1 is 1.04 bits per heavy atom. The molecular formula is C18H19F2NOS. The lowest BCUT2D eigenvalue weighted by Crippen LogP contribution is -2.15. The number of thioether (sulfide) groups is 1. The van der Waals surface area contributed by atoms with Gasteiger partial charge in [0.25, 0.3) is 0 Å². The Labute approximate surface area is 139 Å². The van der Waals surface area contributed by atoms with Crippen molar-refractivity contribution < 1.29 is 13.6 Å². The second-order valence-electron chi connectivity index (χ2n) is 6.24. The molecule has 1 N–H and O–H groups in total. The molecule has 2 aromatic rings. The van der Waals surface area contributed by atoms with Gasteiger partial charge in [-0.25, -0.2) is 8.78 Å².